The molecule has 2 heterocycles. The van der Waals surface area contributed by atoms with Crippen LogP contribution >= 0.6 is 0 Å². The van der Waals surface area contributed by atoms with E-state index in [2.05, 4.69) is 5.32 Å². The molecule has 0 fully saturated rings. The van der Waals surface area contributed by atoms with E-state index in [1.54, 1.807) is 12.1 Å². The lowest BCUT2D eigenvalue weighted by atomic mass is 10.1. The predicted molar refractivity (Wildman–Crippen MR) is 85.0 cm³/mol. The zero-order valence-corrected chi connectivity index (χ0v) is 13.5. The normalized spacial score (nSPS) is 12.9. The second kappa shape index (κ2) is 7.11. The van der Waals surface area contributed by atoms with Crippen molar-refractivity contribution in [3.8, 4) is 11.5 Å². The highest BCUT2D eigenvalue weighted by Gasteiger charge is 2.31. The molecular formula is C17H15F3N2O4. The maximum absolute atomic E-state index is 12.7. The summed E-state index contributed by atoms with van der Waals surface area (Å²) >= 11 is 0. The van der Waals surface area contributed by atoms with Crippen LogP contribution in [0, 0.1) is 0 Å². The van der Waals surface area contributed by atoms with Crippen LogP contribution in [0.15, 0.2) is 41.3 Å². The van der Waals surface area contributed by atoms with Crippen molar-refractivity contribution >= 4 is 5.91 Å². The molecule has 6 nitrogen and oxygen atoms in total. The van der Waals surface area contributed by atoms with Crippen LogP contribution in [-0.4, -0.2) is 23.8 Å². The summed E-state index contributed by atoms with van der Waals surface area (Å²) in [5.41, 5.74) is -0.750. The quantitative estimate of drug-likeness (QED) is 0.876. The van der Waals surface area contributed by atoms with Gasteiger partial charge in [0.1, 0.15) is 6.54 Å². The summed E-state index contributed by atoms with van der Waals surface area (Å²) in [6, 6.07) is 6.88. The average Bonchev–Trinajstić information content (AvgIpc) is 3.03. The largest absolute Gasteiger partial charge is 0.454 e. The Morgan fingerprint density at radius 2 is 1.92 bits per heavy atom. The van der Waals surface area contributed by atoms with Gasteiger partial charge in [0, 0.05) is 18.8 Å². The number of pyridine rings is 1. The molecule has 1 amide bonds. The number of amides is 1. The number of carbonyl (C=O) groups is 1. The Bertz CT molecular complexity index is 877. The van der Waals surface area contributed by atoms with E-state index < -0.39 is 29.8 Å². The van der Waals surface area contributed by atoms with E-state index in [-0.39, 0.29) is 13.3 Å². The summed E-state index contributed by atoms with van der Waals surface area (Å²) in [5, 5.41) is 2.58. The number of alkyl halides is 3. The highest BCUT2D eigenvalue weighted by atomic mass is 19.4. The molecule has 1 N–H and O–H groups in total. The summed E-state index contributed by atoms with van der Waals surface area (Å²) in [7, 11) is 0. The van der Waals surface area contributed by atoms with Crippen molar-refractivity contribution in [2.45, 2.75) is 19.1 Å². The number of carbonyl (C=O) groups excluding carboxylic acids is 1. The van der Waals surface area contributed by atoms with Crippen LogP contribution in [0.2, 0.25) is 0 Å². The van der Waals surface area contributed by atoms with Crippen molar-refractivity contribution in [2.75, 3.05) is 13.3 Å². The number of benzene rings is 1. The van der Waals surface area contributed by atoms with E-state index in [1.807, 2.05) is 6.07 Å². The standard InChI is InChI=1S/C17H15F3N2O4/c18-17(19,20)12-2-4-16(24)22(8-12)9-15(23)21-6-5-11-1-3-13-14(7-11)26-10-25-13/h1-4,7-8H,5-6,9-10H2,(H,21,23). The maximum Gasteiger partial charge on any atom is 0.417 e. The van der Waals surface area contributed by atoms with Gasteiger partial charge < -0.3 is 19.4 Å². The van der Waals surface area contributed by atoms with Crippen molar-refractivity contribution < 1.29 is 27.4 Å². The molecule has 3 rings (SSSR count). The first-order chi connectivity index (χ1) is 12.3. The number of nitrogens with one attached hydrogen (secondary N) is 1. The minimum Gasteiger partial charge on any atom is -0.454 e. The van der Waals surface area contributed by atoms with Gasteiger partial charge in [0.15, 0.2) is 11.5 Å². The maximum atomic E-state index is 12.7. The van der Waals surface area contributed by atoms with Gasteiger partial charge >= 0.3 is 6.18 Å². The van der Waals surface area contributed by atoms with Gasteiger partial charge in [-0.1, -0.05) is 6.07 Å². The fourth-order valence-electron chi connectivity index (χ4n) is 2.48. The molecule has 0 bridgehead atoms. The minimum absolute atomic E-state index is 0.168. The summed E-state index contributed by atoms with van der Waals surface area (Å²) in [6.07, 6.45) is -3.44. The molecule has 0 radical (unpaired) electrons. The number of rotatable bonds is 5. The molecule has 0 saturated carbocycles. The van der Waals surface area contributed by atoms with E-state index in [4.69, 9.17) is 9.47 Å². The zero-order valence-electron chi connectivity index (χ0n) is 13.5. The third kappa shape index (κ3) is 4.16. The Hall–Kier alpha value is -2.97. The summed E-state index contributed by atoms with van der Waals surface area (Å²) in [6.45, 7) is -0.0443. The second-order valence-corrected chi connectivity index (χ2v) is 5.67. The number of fused-ring (bicyclic) bond motifs is 1. The van der Waals surface area contributed by atoms with Crippen molar-refractivity contribution in [1.82, 2.24) is 9.88 Å². The molecule has 2 aromatic rings. The molecule has 26 heavy (non-hydrogen) atoms. The highest BCUT2D eigenvalue weighted by molar-refractivity contribution is 5.75. The van der Waals surface area contributed by atoms with Crippen LogP contribution in [0.1, 0.15) is 11.1 Å². The molecule has 9 heteroatoms. The minimum atomic E-state index is -4.58. The lowest BCUT2D eigenvalue weighted by Gasteiger charge is -2.11. The van der Waals surface area contributed by atoms with Gasteiger partial charge in [0.25, 0.3) is 5.56 Å². The highest BCUT2D eigenvalue weighted by Crippen LogP contribution is 2.32. The summed E-state index contributed by atoms with van der Waals surface area (Å²) < 4.78 is 49.3. The Morgan fingerprint density at radius 3 is 2.69 bits per heavy atom. The van der Waals surface area contributed by atoms with Gasteiger partial charge in [-0.15, -0.1) is 0 Å². The number of hydrogen-bond acceptors (Lipinski definition) is 4. The van der Waals surface area contributed by atoms with Crippen LogP contribution in [0.5, 0.6) is 11.5 Å². The van der Waals surface area contributed by atoms with Gasteiger partial charge in [-0.05, 0) is 30.2 Å². The first kappa shape index (κ1) is 17.8. The number of aromatic nitrogens is 1. The lowest BCUT2D eigenvalue weighted by molar-refractivity contribution is -0.138. The Morgan fingerprint density at radius 1 is 1.15 bits per heavy atom. The average molecular weight is 368 g/mol. The predicted octanol–water partition coefficient (Wildman–Crippen LogP) is 1.95. The lowest BCUT2D eigenvalue weighted by Crippen LogP contribution is -2.33. The zero-order chi connectivity index (χ0) is 18.7. The van der Waals surface area contributed by atoms with Crippen molar-refractivity contribution in [2.24, 2.45) is 0 Å². The van der Waals surface area contributed by atoms with E-state index >= 15 is 0 Å². The topological polar surface area (TPSA) is 69.6 Å². The summed E-state index contributed by atoms with van der Waals surface area (Å²) in [4.78, 5) is 23.5. The third-order valence-corrected chi connectivity index (χ3v) is 3.80. The van der Waals surface area contributed by atoms with E-state index in [9.17, 15) is 22.8 Å². The SMILES string of the molecule is O=C(Cn1cc(C(F)(F)F)ccc1=O)NCCc1ccc2c(c1)OCO2. The van der Waals surface area contributed by atoms with Crippen LogP contribution in [0.4, 0.5) is 13.2 Å². The number of ether oxygens (including phenoxy) is 2. The van der Waals surface area contributed by atoms with Crippen LogP contribution in [-0.2, 0) is 23.9 Å². The Labute approximate surface area is 146 Å². The second-order valence-electron chi connectivity index (χ2n) is 5.67. The first-order valence-electron chi connectivity index (χ1n) is 7.76. The molecule has 138 valence electrons. The molecule has 1 aromatic heterocycles. The molecule has 0 unspecified atom stereocenters. The van der Waals surface area contributed by atoms with Crippen LogP contribution < -0.4 is 20.3 Å². The molecule has 0 aliphatic carbocycles. The molecular weight excluding hydrogens is 353 g/mol. The van der Waals surface area contributed by atoms with Crippen LogP contribution in [0.3, 0.4) is 0 Å². The van der Waals surface area contributed by atoms with Gasteiger partial charge in [-0.2, -0.15) is 13.2 Å². The molecule has 1 aromatic carbocycles. The smallest absolute Gasteiger partial charge is 0.417 e. The molecule has 0 atom stereocenters. The Kier molecular flexibility index (Phi) is 4.88. The van der Waals surface area contributed by atoms with Crippen molar-refractivity contribution in [1.29, 1.82) is 0 Å². The Balaban J connectivity index is 1.55. The molecule has 1 aliphatic heterocycles. The van der Waals surface area contributed by atoms with Crippen molar-refractivity contribution in [3.05, 3.63) is 58.0 Å². The molecule has 0 spiro atoms. The first-order valence-corrected chi connectivity index (χ1v) is 7.76. The van der Waals surface area contributed by atoms with Gasteiger partial charge in [-0.3, -0.25) is 9.59 Å². The monoisotopic (exact) mass is 368 g/mol. The van der Waals surface area contributed by atoms with E-state index in [1.165, 1.54) is 0 Å². The fraction of sp³-hybridized carbons (Fsp3) is 0.294. The van der Waals surface area contributed by atoms with E-state index in [0.29, 0.717) is 30.2 Å². The fourth-order valence-corrected chi connectivity index (χ4v) is 2.48. The van der Waals surface area contributed by atoms with Gasteiger partial charge in [0.2, 0.25) is 12.7 Å². The van der Waals surface area contributed by atoms with E-state index in [0.717, 1.165) is 16.2 Å². The molecule has 0 saturated heterocycles. The van der Waals surface area contributed by atoms with Gasteiger partial charge in [-0.25, -0.2) is 0 Å². The number of hydrogen-bond donors (Lipinski definition) is 1. The molecule has 1 aliphatic rings. The third-order valence-electron chi connectivity index (χ3n) is 3.80. The number of nitrogens with zero attached hydrogens (tertiary/aromatic N) is 1. The van der Waals surface area contributed by atoms with Crippen molar-refractivity contribution in [3.63, 3.8) is 0 Å². The summed E-state index contributed by atoms with van der Waals surface area (Å²) in [5.74, 6) is 0.734. The van der Waals surface area contributed by atoms with Crippen LogP contribution in [0.25, 0.3) is 0 Å². The van der Waals surface area contributed by atoms with Gasteiger partial charge in [0.05, 0.1) is 5.56 Å². The number of halogens is 3.